The van der Waals surface area contributed by atoms with Crippen LogP contribution in [0.1, 0.15) is 29.5 Å². The quantitative estimate of drug-likeness (QED) is 0.935. The smallest absolute Gasteiger partial charge is 0.318 e. The van der Waals surface area contributed by atoms with Gasteiger partial charge in [-0.1, -0.05) is 18.2 Å². The summed E-state index contributed by atoms with van der Waals surface area (Å²) in [4.78, 5) is 15.8. The van der Waals surface area contributed by atoms with Crippen LogP contribution in [0, 0.1) is 18.6 Å². The molecule has 1 aliphatic carbocycles. The van der Waals surface area contributed by atoms with Gasteiger partial charge in [0.05, 0.1) is 6.20 Å². The van der Waals surface area contributed by atoms with Crippen molar-refractivity contribution in [2.75, 3.05) is 0 Å². The number of aliphatic carboxylic acids is 1. The van der Waals surface area contributed by atoms with Gasteiger partial charge in [-0.3, -0.25) is 9.78 Å². The van der Waals surface area contributed by atoms with Crippen LogP contribution in [0.4, 0.5) is 8.78 Å². The highest BCUT2D eigenvalue weighted by atomic mass is 19.1. The summed E-state index contributed by atoms with van der Waals surface area (Å²) in [5.41, 5.74) is 0.729. The average Bonchev–Trinajstić information content (AvgIpc) is 2.96. The maximum Gasteiger partial charge on any atom is 0.318 e. The molecule has 0 aliphatic heterocycles. The van der Waals surface area contributed by atoms with Crippen LogP contribution >= 0.6 is 0 Å². The Balaban J connectivity index is 2.14. The standard InChI is InChI=1S/C18H15F2NO2/c1-11-15(3-2-4-16(11)20)18(17(22)23)6-5-12(8-18)13-7-14(19)10-21-9-13/h2-4,7-10H,5-6H2,1H3,(H,22,23)/t18-/m1/s1. The number of halogens is 2. The third-order valence-corrected chi connectivity index (χ3v) is 4.41. The summed E-state index contributed by atoms with van der Waals surface area (Å²) in [6, 6.07) is 5.79. The molecule has 0 fully saturated rings. The largest absolute Gasteiger partial charge is 0.480 e. The van der Waals surface area contributed by atoms with Crippen LogP contribution in [-0.2, 0) is 10.2 Å². The monoisotopic (exact) mass is 315 g/mol. The normalized spacial score (nSPS) is 20.4. The van der Waals surface area contributed by atoms with Crippen molar-refractivity contribution >= 4 is 11.5 Å². The molecule has 3 nitrogen and oxygen atoms in total. The van der Waals surface area contributed by atoms with Crippen molar-refractivity contribution < 1.29 is 18.7 Å². The van der Waals surface area contributed by atoms with Crippen molar-refractivity contribution in [3.63, 3.8) is 0 Å². The molecule has 1 aromatic heterocycles. The number of carboxylic acid groups (broad SMARTS) is 1. The summed E-state index contributed by atoms with van der Waals surface area (Å²) in [6.45, 7) is 1.57. The first-order valence-electron chi connectivity index (χ1n) is 7.26. The second-order valence-corrected chi connectivity index (χ2v) is 5.75. The van der Waals surface area contributed by atoms with Crippen molar-refractivity contribution in [1.29, 1.82) is 0 Å². The van der Waals surface area contributed by atoms with Gasteiger partial charge in [0.25, 0.3) is 0 Å². The Hall–Kier alpha value is -2.56. The molecule has 1 N–H and O–H groups in total. The van der Waals surface area contributed by atoms with E-state index in [9.17, 15) is 18.7 Å². The summed E-state index contributed by atoms with van der Waals surface area (Å²) < 4.78 is 27.2. The first kappa shape index (κ1) is 15.3. The Morgan fingerprint density at radius 1 is 1.30 bits per heavy atom. The minimum Gasteiger partial charge on any atom is -0.480 e. The number of carboxylic acids is 1. The predicted octanol–water partition coefficient (Wildman–Crippen LogP) is 3.87. The van der Waals surface area contributed by atoms with Crippen molar-refractivity contribution in [1.82, 2.24) is 4.98 Å². The Morgan fingerprint density at radius 2 is 2.09 bits per heavy atom. The molecule has 0 radical (unpaired) electrons. The highest BCUT2D eigenvalue weighted by Crippen LogP contribution is 2.44. The fourth-order valence-electron chi connectivity index (χ4n) is 3.18. The van der Waals surface area contributed by atoms with Crippen molar-refractivity contribution in [2.45, 2.75) is 25.2 Å². The van der Waals surface area contributed by atoms with Gasteiger partial charge in [-0.25, -0.2) is 8.78 Å². The molecule has 0 unspecified atom stereocenters. The van der Waals surface area contributed by atoms with E-state index >= 15 is 0 Å². The highest BCUT2D eigenvalue weighted by Gasteiger charge is 2.43. The van der Waals surface area contributed by atoms with Gasteiger partial charge in [0.2, 0.25) is 0 Å². The second-order valence-electron chi connectivity index (χ2n) is 5.75. The topological polar surface area (TPSA) is 50.2 Å². The zero-order valence-electron chi connectivity index (χ0n) is 12.5. The first-order valence-corrected chi connectivity index (χ1v) is 7.26. The summed E-state index contributed by atoms with van der Waals surface area (Å²) in [5.74, 6) is -1.94. The summed E-state index contributed by atoms with van der Waals surface area (Å²) in [6.07, 6.45) is 4.98. The van der Waals surface area contributed by atoms with Gasteiger partial charge in [-0.05, 0) is 54.2 Å². The molecular formula is C18H15F2NO2. The molecule has 3 rings (SSSR count). The lowest BCUT2D eigenvalue weighted by atomic mass is 9.78. The summed E-state index contributed by atoms with van der Waals surface area (Å²) in [5, 5.41) is 9.80. The van der Waals surface area contributed by atoms with Crippen LogP contribution in [0.2, 0.25) is 0 Å². The van der Waals surface area contributed by atoms with Gasteiger partial charge in [0.1, 0.15) is 17.0 Å². The minimum atomic E-state index is -1.30. The first-order chi connectivity index (χ1) is 10.9. The fraction of sp³-hybridized carbons (Fsp3) is 0.222. The maximum atomic E-state index is 13.9. The molecule has 1 atom stereocenters. The van der Waals surface area contributed by atoms with Crippen molar-refractivity contribution in [2.24, 2.45) is 0 Å². The molecule has 5 heteroatoms. The number of hydrogen-bond donors (Lipinski definition) is 1. The Kier molecular flexibility index (Phi) is 3.72. The van der Waals surface area contributed by atoms with E-state index in [1.807, 2.05) is 0 Å². The van der Waals surface area contributed by atoms with E-state index in [0.29, 0.717) is 35.1 Å². The minimum absolute atomic E-state index is 0.304. The molecule has 1 heterocycles. The molecule has 0 amide bonds. The summed E-state index contributed by atoms with van der Waals surface area (Å²) in [7, 11) is 0. The lowest BCUT2D eigenvalue weighted by molar-refractivity contribution is -0.141. The van der Waals surface area contributed by atoms with E-state index in [2.05, 4.69) is 4.98 Å². The van der Waals surface area contributed by atoms with Crippen LogP contribution in [0.25, 0.3) is 5.57 Å². The Bertz CT molecular complexity index is 816. The van der Waals surface area contributed by atoms with E-state index in [-0.39, 0.29) is 0 Å². The Labute approximate surface area is 132 Å². The Morgan fingerprint density at radius 3 is 2.78 bits per heavy atom. The molecule has 23 heavy (non-hydrogen) atoms. The van der Waals surface area contributed by atoms with E-state index in [1.165, 1.54) is 24.4 Å². The highest BCUT2D eigenvalue weighted by molar-refractivity contribution is 5.90. The summed E-state index contributed by atoms with van der Waals surface area (Å²) >= 11 is 0. The van der Waals surface area contributed by atoms with E-state index in [1.54, 1.807) is 19.1 Å². The van der Waals surface area contributed by atoms with E-state index in [0.717, 1.165) is 6.20 Å². The van der Waals surface area contributed by atoms with Crippen LogP contribution in [0.5, 0.6) is 0 Å². The zero-order valence-corrected chi connectivity index (χ0v) is 12.5. The van der Waals surface area contributed by atoms with Gasteiger partial charge in [0, 0.05) is 6.20 Å². The van der Waals surface area contributed by atoms with Crippen LogP contribution in [0.3, 0.4) is 0 Å². The van der Waals surface area contributed by atoms with Gasteiger partial charge in [-0.15, -0.1) is 0 Å². The number of pyridine rings is 1. The van der Waals surface area contributed by atoms with Crippen LogP contribution < -0.4 is 0 Å². The molecule has 0 saturated heterocycles. The molecule has 1 aliphatic rings. The third kappa shape index (κ3) is 2.52. The fourth-order valence-corrected chi connectivity index (χ4v) is 3.18. The van der Waals surface area contributed by atoms with E-state index in [4.69, 9.17) is 0 Å². The number of carbonyl (C=O) groups is 1. The van der Waals surface area contributed by atoms with Crippen LogP contribution in [0.15, 0.2) is 42.7 Å². The molecule has 0 bridgehead atoms. The zero-order chi connectivity index (χ0) is 16.6. The van der Waals surface area contributed by atoms with Gasteiger partial charge in [-0.2, -0.15) is 0 Å². The van der Waals surface area contributed by atoms with Crippen molar-refractivity contribution in [3.05, 3.63) is 71.1 Å². The second kappa shape index (κ2) is 5.57. The van der Waals surface area contributed by atoms with E-state index < -0.39 is 23.0 Å². The SMILES string of the molecule is Cc1c(F)cccc1[C@]1(C(=O)O)C=C(c2cncc(F)c2)CC1. The number of aromatic nitrogens is 1. The number of allylic oxidation sites excluding steroid dienone is 1. The molecular weight excluding hydrogens is 300 g/mol. The van der Waals surface area contributed by atoms with Gasteiger partial charge < -0.3 is 5.11 Å². The van der Waals surface area contributed by atoms with Crippen molar-refractivity contribution in [3.8, 4) is 0 Å². The molecule has 0 spiro atoms. The molecule has 118 valence electrons. The lowest BCUT2D eigenvalue weighted by Crippen LogP contribution is -2.32. The molecule has 2 aromatic rings. The third-order valence-electron chi connectivity index (χ3n) is 4.41. The number of nitrogens with zero attached hydrogens (tertiary/aromatic N) is 1. The molecule has 0 saturated carbocycles. The molecule has 1 aromatic carbocycles. The lowest BCUT2D eigenvalue weighted by Gasteiger charge is -2.24. The number of hydrogen-bond acceptors (Lipinski definition) is 2. The maximum absolute atomic E-state index is 13.9. The number of benzene rings is 1. The van der Waals surface area contributed by atoms with Crippen LogP contribution in [-0.4, -0.2) is 16.1 Å². The van der Waals surface area contributed by atoms with Gasteiger partial charge >= 0.3 is 5.97 Å². The number of rotatable bonds is 3. The predicted molar refractivity (Wildman–Crippen MR) is 81.9 cm³/mol. The average molecular weight is 315 g/mol. The van der Waals surface area contributed by atoms with Gasteiger partial charge in [0.15, 0.2) is 0 Å².